The molecule has 1 aromatic carbocycles. The molecule has 2 aromatic heterocycles. The highest BCUT2D eigenvalue weighted by molar-refractivity contribution is 5.67. The van der Waals surface area contributed by atoms with Crippen molar-refractivity contribution in [3.05, 3.63) is 59.8 Å². The maximum absolute atomic E-state index is 13.0. The lowest BCUT2D eigenvalue weighted by Crippen LogP contribution is -2.07. The number of alkyl halides is 3. The summed E-state index contributed by atoms with van der Waals surface area (Å²) in [5, 5.41) is 5.79. The predicted octanol–water partition coefficient (Wildman–Crippen LogP) is 4.65. The van der Waals surface area contributed by atoms with Crippen molar-refractivity contribution in [2.75, 3.05) is 17.7 Å². The van der Waals surface area contributed by atoms with Crippen molar-refractivity contribution < 1.29 is 13.2 Å². The molecular formula is C18H16F3N5. The third-order valence-corrected chi connectivity index (χ3v) is 3.70. The van der Waals surface area contributed by atoms with Crippen molar-refractivity contribution in [3.8, 4) is 11.4 Å². The van der Waals surface area contributed by atoms with Gasteiger partial charge in [0, 0.05) is 25.0 Å². The summed E-state index contributed by atoms with van der Waals surface area (Å²) in [5.41, 5.74) is 1.46. The zero-order valence-electron chi connectivity index (χ0n) is 14.1. The predicted molar refractivity (Wildman–Crippen MR) is 94.3 cm³/mol. The van der Waals surface area contributed by atoms with Crippen LogP contribution >= 0.6 is 0 Å². The average Bonchev–Trinajstić information content (AvgIpc) is 2.63. The topological polar surface area (TPSA) is 62.7 Å². The molecule has 8 heteroatoms. The smallest absolute Gasteiger partial charge is 0.357 e. The molecule has 0 bridgehead atoms. The third-order valence-electron chi connectivity index (χ3n) is 3.70. The Morgan fingerprint density at radius 3 is 2.42 bits per heavy atom. The van der Waals surface area contributed by atoms with Crippen molar-refractivity contribution >= 4 is 17.5 Å². The number of nitrogens with one attached hydrogen (secondary N) is 2. The van der Waals surface area contributed by atoms with Crippen LogP contribution in [0.3, 0.4) is 0 Å². The van der Waals surface area contributed by atoms with Gasteiger partial charge < -0.3 is 10.6 Å². The quantitative estimate of drug-likeness (QED) is 0.710. The van der Waals surface area contributed by atoms with Crippen LogP contribution in [0.25, 0.3) is 11.4 Å². The summed E-state index contributed by atoms with van der Waals surface area (Å²) < 4.78 is 38.9. The van der Waals surface area contributed by atoms with Gasteiger partial charge in [-0.15, -0.1) is 0 Å². The third kappa shape index (κ3) is 3.90. The number of benzene rings is 1. The Labute approximate surface area is 148 Å². The standard InChI is InChI=1S/C18H16F3N5/c1-11-6-7-12(18(19,20)21)9-14(11)24-16-10-15(25-17(22-2)26-16)13-5-3-4-8-23-13/h3-10H,1-2H3,(H2,22,24,25,26). The second-order valence-corrected chi connectivity index (χ2v) is 5.58. The van der Waals surface area contributed by atoms with E-state index in [-0.39, 0.29) is 0 Å². The first-order valence-corrected chi connectivity index (χ1v) is 7.80. The highest BCUT2D eigenvalue weighted by atomic mass is 19.4. The van der Waals surface area contributed by atoms with E-state index in [1.54, 1.807) is 38.4 Å². The van der Waals surface area contributed by atoms with Crippen LogP contribution < -0.4 is 10.6 Å². The Kier molecular flexibility index (Phi) is 4.75. The summed E-state index contributed by atoms with van der Waals surface area (Å²) >= 11 is 0. The number of rotatable bonds is 4. The monoisotopic (exact) mass is 359 g/mol. The first kappa shape index (κ1) is 17.7. The minimum atomic E-state index is -4.41. The van der Waals surface area contributed by atoms with Gasteiger partial charge in [0.05, 0.1) is 17.0 Å². The number of hydrogen-bond acceptors (Lipinski definition) is 5. The highest BCUT2D eigenvalue weighted by Gasteiger charge is 2.30. The molecule has 26 heavy (non-hydrogen) atoms. The van der Waals surface area contributed by atoms with Crippen LogP contribution in [0.4, 0.5) is 30.6 Å². The summed E-state index contributed by atoms with van der Waals surface area (Å²) in [4.78, 5) is 12.8. The van der Waals surface area contributed by atoms with Gasteiger partial charge in [0.1, 0.15) is 5.82 Å². The molecule has 0 radical (unpaired) electrons. The number of anilines is 3. The van der Waals surface area contributed by atoms with E-state index < -0.39 is 11.7 Å². The molecule has 0 saturated heterocycles. The van der Waals surface area contributed by atoms with Crippen LogP contribution in [0.15, 0.2) is 48.7 Å². The minimum absolute atomic E-state index is 0.326. The van der Waals surface area contributed by atoms with Gasteiger partial charge >= 0.3 is 6.18 Å². The molecule has 5 nitrogen and oxygen atoms in total. The second-order valence-electron chi connectivity index (χ2n) is 5.58. The van der Waals surface area contributed by atoms with Gasteiger partial charge in [0.15, 0.2) is 0 Å². The number of aryl methyl sites for hydroxylation is 1. The van der Waals surface area contributed by atoms with Gasteiger partial charge in [-0.1, -0.05) is 12.1 Å². The Morgan fingerprint density at radius 2 is 1.77 bits per heavy atom. The first-order valence-electron chi connectivity index (χ1n) is 7.80. The summed E-state index contributed by atoms with van der Waals surface area (Å²) in [6.07, 6.45) is -2.77. The van der Waals surface area contributed by atoms with E-state index in [1.807, 2.05) is 6.07 Å². The summed E-state index contributed by atoms with van der Waals surface area (Å²) in [6.45, 7) is 1.72. The fourth-order valence-electron chi connectivity index (χ4n) is 2.34. The maximum Gasteiger partial charge on any atom is 0.416 e. The largest absolute Gasteiger partial charge is 0.416 e. The van der Waals surface area contributed by atoms with Crippen LogP contribution in [0.5, 0.6) is 0 Å². The summed E-state index contributed by atoms with van der Waals surface area (Å²) in [6, 6.07) is 10.6. The molecule has 3 aromatic rings. The molecule has 0 aliphatic heterocycles. The van der Waals surface area contributed by atoms with E-state index in [1.165, 1.54) is 6.07 Å². The molecule has 0 amide bonds. The molecule has 0 fully saturated rings. The van der Waals surface area contributed by atoms with Crippen LogP contribution in [0.2, 0.25) is 0 Å². The van der Waals surface area contributed by atoms with Gasteiger partial charge in [-0.25, -0.2) is 4.98 Å². The normalized spacial score (nSPS) is 11.3. The molecule has 0 aliphatic rings. The molecule has 134 valence electrons. The zero-order valence-corrected chi connectivity index (χ0v) is 14.1. The van der Waals surface area contributed by atoms with Crippen molar-refractivity contribution in [2.45, 2.75) is 13.1 Å². The minimum Gasteiger partial charge on any atom is -0.357 e. The lowest BCUT2D eigenvalue weighted by molar-refractivity contribution is -0.137. The van der Waals surface area contributed by atoms with E-state index in [2.05, 4.69) is 25.6 Å². The van der Waals surface area contributed by atoms with Crippen LogP contribution in [-0.2, 0) is 6.18 Å². The second kappa shape index (κ2) is 6.99. The number of aromatic nitrogens is 3. The van der Waals surface area contributed by atoms with Crippen molar-refractivity contribution in [2.24, 2.45) is 0 Å². The van der Waals surface area contributed by atoms with Crippen LogP contribution in [0, 0.1) is 6.92 Å². The zero-order chi connectivity index (χ0) is 18.7. The molecule has 2 heterocycles. The van der Waals surface area contributed by atoms with E-state index in [0.29, 0.717) is 34.4 Å². The van der Waals surface area contributed by atoms with Crippen molar-refractivity contribution in [1.82, 2.24) is 15.0 Å². The lowest BCUT2D eigenvalue weighted by Gasteiger charge is -2.14. The number of hydrogen-bond donors (Lipinski definition) is 2. The number of halogens is 3. The first-order chi connectivity index (χ1) is 12.4. The Morgan fingerprint density at radius 1 is 0.962 bits per heavy atom. The van der Waals surface area contributed by atoms with Crippen molar-refractivity contribution in [3.63, 3.8) is 0 Å². The lowest BCUT2D eigenvalue weighted by atomic mass is 10.1. The molecule has 0 atom stereocenters. The molecule has 0 unspecified atom stereocenters. The van der Waals surface area contributed by atoms with Gasteiger partial charge in [0.25, 0.3) is 0 Å². The van der Waals surface area contributed by atoms with E-state index >= 15 is 0 Å². The summed E-state index contributed by atoms with van der Waals surface area (Å²) in [5.74, 6) is 0.702. The van der Waals surface area contributed by atoms with Crippen LogP contribution in [0.1, 0.15) is 11.1 Å². The fraction of sp³-hybridized carbons (Fsp3) is 0.167. The molecule has 3 rings (SSSR count). The molecule has 0 saturated carbocycles. The van der Waals surface area contributed by atoms with Gasteiger partial charge in [-0.3, -0.25) is 4.98 Å². The average molecular weight is 359 g/mol. The maximum atomic E-state index is 13.0. The Bertz CT molecular complexity index is 910. The highest BCUT2D eigenvalue weighted by Crippen LogP contribution is 2.33. The van der Waals surface area contributed by atoms with Gasteiger partial charge in [-0.05, 0) is 36.8 Å². The van der Waals surface area contributed by atoms with Gasteiger partial charge in [-0.2, -0.15) is 18.2 Å². The van der Waals surface area contributed by atoms with Crippen molar-refractivity contribution in [1.29, 1.82) is 0 Å². The number of pyridine rings is 1. The fourth-order valence-corrected chi connectivity index (χ4v) is 2.34. The van der Waals surface area contributed by atoms with E-state index in [0.717, 1.165) is 12.1 Å². The Hall–Kier alpha value is -3.16. The van der Waals surface area contributed by atoms with E-state index in [9.17, 15) is 13.2 Å². The number of nitrogens with zero attached hydrogens (tertiary/aromatic N) is 3. The molecule has 0 aliphatic carbocycles. The molecule has 2 N–H and O–H groups in total. The van der Waals surface area contributed by atoms with Gasteiger partial charge in [0.2, 0.25) is 5.95 Å². The Balaban J connectivity index is 2.00. The molecule has 0 spiro atoms. The molecular weight excluding hydrogens is 343 g/mol. The van der Waals surface area contributed by atoms with Crippen LogP contribution in [-0.4, -0.2) is 22.0 Å². The van der Waals surface area contributed by atoms with E-state index in [4.69, 9.17) is 0 Å². The summed E-state index contributed by atoms with van der Waals surface area (Å²) in [7, 11) is 1.66. The SMILES string of the molecule is CNc1nc(Nc2cc(C(F)(F)F)ccc2C)cc(-c2ccccn2)n1.